The van der Waals surface area contributed by atoms with Crippen LogP contribution in [-0.2, 0) is 17.8 Å². The molecule has 2 unspecified atom stereocenters. The second kappa shape index (κ2) is 6.83. The number of piperidine rings is 1. The van der Waals surface area contributed by atoms with E-state index in [1.165, 1.54) is 6.42 Å². The van der Waals surface area contributed by atoms with Crippen LogP contribution >= 0.6 is 0 Å². The molecule has 1 aliphatic rings. The SMILES string of the molecule is CC1CC(C)CN(C(=O)Cn2cc(CCCO)nn2)C1. The lowest BCUT2D eigenvalue weighted by Crippen LogP contribution is -2.44. The first-order valence-corrected chi connectivity index (χ1v) is 7.36. The van der Waals surface area contributed by atoms with Crippen molar-refractivity contribution < 1.29 is 9.90 Å². The van der Waals surface area contributed by atoms with Gasteiger partial charge in [0.05, 0.1) is 5.69 Å². The van der Waals surface area contributed by atoms with Crippen LogP contribution in [0.15, 0.2) is 6.20 Å². The van der Waals surface area contributed by atoms with Crippen molar-refractivity contribution in [3.63, 3.8) is 0 Å². The molecule has 0 radical (unpaired) electrons. The van der Waals surface area contributed by atoms with Gasteiger partial charge in [-0.3, -0.25) is 4.79 Å². The number of hydrogen-bond acceptors (Lipinski definition) is 4. The van der Waals surface area contributed by atoms with Crippen LogP contribution in [0.5, 0.6) is 0 Å². The standard InChI is InChI=1S/C14H24N4O2/c1-11-6-12(2)8-17(7-11)14(20)10-18-9-13(15-16-18)4-3-5-19/h9,11-12,19H,3-8,10H2,1-2H3. The second-order valence-electron chi connectivity index (χ2n) is 5.98. The van der Waals surface area contributed by atoms with Gasteiger partial charge in [0.15, 0.2) is 0 Å². The maximum Gasteiger partial charge on any atom is 0.244 e. The predicted molar refractivity (Wildman–Crippen MR) is 75.0 cm³/mol. The van der Waals surface area contributed by atoms with Crippen molar-refractivity contribution in [1.82, 2.24) is 19.9 Å². The van der Waals surface area contributed by atoms with E-state index in [-0.39, 0.29) is 19.1 Å². The summed E-state index contributed by atoms with van der Waals surface area (Å²) in [6.45, 7) is 6.47. The van der Waals surface area contributed by atoms with Crippen molar-refractivity contribution in [3.8, 4) is 0 Å². The lowest BCUT2D eigenvalue weighted by molar-refractivity contribution is -0.134. The Balaban J connectivity index is 1.88. The zero-order valence-corrected chi connectivity index (χ0v) is 12.3. The summed E-state index contributed by atoms with van der Waals surface area (Å²) in [5.74, 6) is 1.25. The highest BCUT2D eigenvalue weighted by Crippen LogP contribution is 2.21. The largest absolute Gasteiger partial charge is 0.396 e. The maximum atomic E-state index is 12.3. The number of aliphatic hydroxyl groups is 1. The summed E-state index contributed by atoms with van der Waals surface area (Å²) in [5, 5.41) is 16.8. The molecule has 0 spiro atoms. The lowest BCUT2D eigenvalue weighted by Gasteiger charge is -2.34. The van der Waals surface area contributed by atoms with Crippen molar-refractivity contribution in [3.05, 3.63) is 11.9 Å². The molecule has 0 saturated carbocycles. The number of aryl methyl sites for hydroxylation is 1. The van der Waals surface area contributed by atoms with Crippen LogP contribution < -0.4 is 0 Å². The van der Waals surface area contributed by atoms with Gasteiger partial charge in [-0.25, -0.2) is 4.68 Å². The topological polar surface area (TPSA) is 71.2 Å². The van der Waals surface area contributed by atoms with E-state index in [0.717, 1.165) is 18.8 Å². The number of aromatic nitrogens is 3. The predicted octanol–water partition coefficient (Wildman–Crippen LogP) is 0.707. The smallest absolute Gasteiger partial charge is 0.244 e. The van der Waals surface area contributed by atoms with Gasteiger partial charge in [-0.2, -0.15) is 0 Å². The number of likely N-dealkylation sites (tertiary alicyclic amines) is 1. The fourth-order valence-electron chi connectivity index (χ4n) is 2.90. The Bertz CT molecular complexity index is 436. The van der Waals surface area contributed by atoms with E-state index in [4.69, 9.17) is 5.11 Å². The molecule has 2 rings (SSSR count). The molecule has 2 heterocycles. The van der Waals surface area contributed by atoms with Crippen molar-refractivity contribution in [2.24, 2.45) is 11.8 Å². The first-order valence-electron chi connectivity index (χ1n) is 7.36. The third-order valence-corrected chi connectivity index (χ3v) is 3.70. The van der Waals surface area contributed by atoms with Crippen LogP contribution in [0.25, 0.3) is 0 Å². The Kier molecular flexibility index (Phi) is 5.11. The number of aliphatic hydroxyl groups excluding tert-OH is 1. The molecule has 0 aromatic carbocycles. The van der Waals surface area contributed by atoms with Gasteiger partial charge in [0.1, 0.15) is 6.54 Å². The Hall–Kier alpha value is -1.43. The van der Waals surface area contributed by atoms with Crippen LogP contribution in [0.3, 0.4) is 0 Å². The van der Waals surface area contributed by atoms with Gasteiger partial charge in [0.25, 0.3) is 0 Å². The van der Waals surface area contributed by atoms with Gasteiger partial charge in [-0.05, 0) is 31.1 Å². The molecule has 1 aliphatic heterocycles. The van der Waals surface area contributed by atoms with E-state index >= 15 is 0 Å². The minimum Gasteiger partial charge on any atom is -0.396 e. The minimum atomic E-state index is 0.113. The molecule has 112 valence electrons. The normalized spacial score (nSPS) is 23.1. The molecule has 1 saturated heterocycles. The summed E-state index contributed by atoms with van der Waals surface area (Å²) < 4.78 is 1.60. The zero-order valence-electron chi connectivity index (χ0n) is 12.3. The summed E-state index contributed by atoms with van der Waals surface area (Å²) in [5.41, 5.74) is 0.826. The lowest BCUT2D eigenvalue weighted by atomic mass is 9.92. The average Bonchev–Trinajstić information content (AvgIpc) is 2.82. The van der Waals surface area contributed by atoms with Crippen LogP contribution in [-0.4, -0.2) is 50.6 Å². The minimum absolute atomic E-state index is 0.113. The number of hydrogen-bond donors (Lipinski definition) is 1. The molecule has 0 bridgehead atoms. The fraction of sp³-hybridized carbons (Fsp3) is 0.786. The summed E-state index contributed by atoms with van der Waals surface area (Å²) >= 11 is 0. The molecule has 2 atom stereocenters. The van der Waals surface area contributed by atoms with E-state index in [0.29, 0.717) is 24.7 Å². The Labute approximate surface area is 119 Å². The average molecular weight is 280 g/mol. The number of nitrogens with zero attached hydrogens (tertiary/aromatic N) is 4. The summed E-state index contributed by atoms with van der Waals surface area (Å²) in [6, 6.07) is 0. The Morgan fingerprint density at radius 1 is 1.40 bits per heavy atom. The monoisotopic (exact) mass is 280 g/mol. The molecular weight excluding hydrogens is 256 g/mol. The number of carbonyl (C=O) groups is 1. The highest BCUT2D eigenvalue weighted by molar-refractivity contribution is 5.76. The second-order valence-corrected chi connectivity index (χ2v) is 5.98. The zero-order chi connectivity index (χ0) is 14.5. The van der Waals surface area contributed by atoms with E-state index in [2.05, 4.69) is 24.2 Å². The third kappa shape index (κ3) is 4.03. The molecular formula is C14H24N4O2. The first kappa shape index (κ1) is 15.0. The van der Waals surface area contributed by atoms with Gasteiger partial charge >= 0.3 is 0 Å². The van der Waals surface area contributed by atoms with Gasteiger partial charge < -0.3 is 10.0 Å². The highest BCUT2D eigenvalue weighted by Gasteiger charge is 2.25. The van der Waals surface area contributed by atoms with Gasteiger partial charge in [0.2, 0.25) is 5.91 Å². The summed E-state index contributed by atoms with van der Waals surface area (Å²) in [4.78, 5) is 14.2. The van der Waals surface area contributed by atoms with Crippen LogP contribution in [0.2, 0.25) is 0 Å². The van der Waals surface area contributed by atoms with Crippen LogP contribution in [0.4, 0.5) is 0 Å². The molecule has 1 N–H and O–H groups in total. The quantitative estimate of drug-likeness (QED) is 0.862. The summed E-state index contributed by atoms with van der Waals surface area (Å²) in [7, 11) is 0. The molecule has 1 fully saturated rings. The van der Waals surface area contributed by atoms with Gasteiger partial charge in [-0.15, -0.1) is 5.10 Å². The molecule has 1 aromatic heterocycles. The number of carbonyl (C=O) groups excluding carboxylic acids is 1. The fourth-order valence-corrected chi connectivity index (χ4v) is 2.90. The van der Waals surface area contributed by atoms with Crippen molar-refractivity contribution in [1.29, 1.82) is 0 Å². The number of rotatable bonds is 5. The number of amides is 1. The van der Waals surface area contributed by atoms with Crippen LogP contribution in [0.1, 0.15) is 32.4 Å². The van der Waals surface area contributed by atoms with E-state index < -0.39 is 0 Å². The van der Waals surface area contributed by atoms with E-state index in [9.17, 15) is 4.79 Å². The Morgan fingerprint density at radius 2 is 2.10 bits per heavy atom. The molecule has 6 heteroatoms. The van der Waals surface area contributed by atoms with Gasteiger partial charge in [-0.1, -0.05) is 19.1 Å². The molecule has 0 aliphatic carbocycles. The summed E-state index contributed by atoms with van der Waals surface area (Å²) in [6.07, 6.45) is 4.36. The van der Waals surface area contributed by atoms with Crippen LogP contribution in [0, 0.1) is 11.8 Å². The third-order valence-electron chi connectivity index (χ3n) is 3.70. The molecule has 1 amide bonds. The molecule has 1 aromatic rings. The maximum absolute atomic E-state index is 12.3. The molecule has 6 nitrogen and oxygen atoms in total. The van der Waals surface area contributed by atoms with Gasteiger partial charge in [0, 0.05) is 25.9 Å². The highest BCUT2D eigenvalue weighted by atomic mass is 16.2. The van der Waals surface area contributed by atoms with Crippen molar-refractivity contribution in [2.45, 2.75) is 39.7 Å². The van der Waals surface area contributed by atoms with Crippen molar-refractivity contribution >= 4 is 5.91 Å². The Morgan fingerprint density at radius 3 is 2.75 bits per heavy atom. The van der Waals surface area contributed by atoms with E-state index in [1.54, 1.807) is 10.9 Å². The first-order chi connectivity index (χ1) is 9.58. The van der Waals surface area contributed by atoms with E-state index in [1.807, 2.05) is 4.90 Å². The van der Waals surface area contributed by atoms with Crippen molar-refractivity contribution in [2.75, 3.05) is 19.7 Å². The molecule has 20 heavy (non-hydrogen) atoms.